The fourth-order valence-electron chi connectivity index (χ4n) is 2.07. The van der Waals surface area contributed by atoms with Gasteiger partial charge >= 0.3 is 5.97 Å². The molecule has 8 heteroatoms. The van der Waals surface area contributed by atoms with Crippen molar-refractivity contribution in [2.45, 2.75) is 6.42 Å². The lowest BCUT2D eigenvalue weighted by Gasteiger charge is -2.07. The Morgan fingerprint density at radius 1 is 1.16 bits per heavy atom. The normalized spacial score (nSPS) is 9.96. The average Bonchev–Trinajstić information content (AvgIpc) is 2.60. The van der Waals surface area contributed by atoms with E-state index in [0.29, 0.717) is 11.3 Å². The molecule has 25 heavy (non-hydrogen) atoms. The highest BCUT2D eigenvalue weighted by atomic mass is 16.6. The molecule has 0 aliphatic heterocycles. The Morgan fingerprint density at radius 2 is 1.92 bits per heavy atom. The molecule has 0 radical (unpaired) electrons. The number of anilines is 1. The predicted molar refractivity (Wildman–Crippen MR) is 89.4 cm³/mol. The van der Waals surface area contributed by atoms with E-state index in [1.807, 2.05) is 0 Å². The molecule has 0 bridgehead atoms. The lowest BCUT2D eigenvalue weighted by atomic mass is 10.1. The van der Waals surface area contributed by atoms with E-state index in [-0.39, 0.29) is 17.8 Å². The monoisotopic (exact) mass is 344 g/mol. The van der Waals surface area contributed by atoms with Crippen molar-refractivity contribution in [1.82, 2.24) is 0 Å². The van der Waals surface area contributed by atoms with Crippen LogP contribution in [0.4, 0.5) is 11.4 Å². The molecule has 130 valence electrons. The summed E-state index contributed by atoms with van der Waals surface area (Å²) in [4.78, 5) is 33.9. The van der Waals surface area contributed by atoms with Crippen LogP contribution in [0.2, 0.25) is 0 Å². The Bertz CT molecular complexity index is 790. The standard InChI is InChI=1S/C17H16N2O6/c1-24-13-6-4-5-12(9-13)10-17(21)25-11-16(20)18-14-7-2-3-8-15(14)19(22)23/h2-9H,10-11H2,1H3,(H,18,20). The summed E-state index contributed by atoms with van der Waals surface area (Å²) in [5.41, 5.74) is 0.489. The van der Waals surface area contributed by atoms with Gasteiger partial charge in [0.1, 0.15) is 11.4 Å². The second kappa shape index (κ2) is 8.44. The molecule has 2 aromatic carbocycles. The van der Waals surface area contributed by atoms with Gasteiger partial charge in [0.15, 0.2) is 6.61 Å². The highest BCUT2D eigenvalue weighted by Crippen LogP contribution is 2.22. The third-order valence-corrected chi connectivity index (χ3v) is 3.22. The van der Waals surface area contributed by atoms with Gasteiger partial charge in [-0.25, -0.2) is 0 Å². The summed E-state index contributed by atoms with van der Waals surface area (Å²) >= 11 is 0. The van der Waals surface area contributed by atoms with Crippen LogP contribution in [-0.2, 0) is 20.7 Å². The molecule has 0 unspecified atom stereocenters. The van der Waals surface area contributed by atoms with Gasteiger partial charge in [-0.15, -0.1) is 0 Å². The summed E-state index contributed by atoms with van der Waals surface area (Å²) in [7, 11) is 1.52. The van der Waals surface area contributed by atoms with Crippen LogP contribution >= 0.6 is 0 Å². The maximum absolute atomic E-state index is 11.8. The lowest BCUT2D eigenvalue weighted by molar-refractivity contribution is -0.383. The number of carbonyl (C=O) groups excluding carboxylic acids is 2. The number of nitro groups is 1. The van der Waals surface area contributed by atoms with Gasteiger partial charge in [0.05, 0.1) is 18.5 Å². The molecule has 0 saturated carbocycles. The zero-order valence-corrected chi connectivity index (χ0v) is 13.4. The molecule has 0 spiro atoms. The van der Waals surface area contributed by atoms with Crippen LogP contribution in [0.1, 0.15) is 5.56 Å². The first kappa shape index (κ1) is 17.9. The van der Waals surface area contributed by atoms with Gasteiger partial charge in [0.25, 0.3) is 11.6 Å². The molecule has 0 aliphatic carbocycles. The van der Waals surface area contributed by atoms with E-state index in [4.69, 9.17) is 9.47 Å². The molecule has 0 fully saturated rings. The number of hydrogen-bond acceptors (Lipinski definition) is 6. The Labute approximate surface area is 143 Å². The van der Waals surface area contributed by atoms with Gasteiger partial charge in [-0.05, 0) is 23.8 Å². The highest BCUT2D eigenvalue weighted by Gasteiger charge is 2.16. The van der Waals surface area contributed by atoms with E-state index in [0.717, 1.165) is 0 Å². The minimum atomic E-state index is -0.659. The van der Waals surface area contributed by atoms with E-state index in [1.165, 1.54) is 25.3 Å². The fourth-order valence-corrected chi connectivity index (χ4v) is 2.07. The number of rotatable bonds is 7. The van der Waals surface area contributed by atoms with Crippen LogP contribution in [0.25, 0.3) is 0 Å². The first-order valence-electron chi connectivity index (χ1n) is 7.31. The molecular formula is C17H16N2O6. The molecule has 2 aromatic rings. The summed E-state index contributed by atoms with van der Waals surface area (Å²) in [6.07, 6.45) is -0.0179. The lowest BCUT2D eigenvalue weighted by Crippen LogP contribution is -2.22. The van der Waals surface area contributed by atoms with Gasteiger partial charge in [-0.1, -0.05) is 24.3 Å². The third-order valence-electron chi connectivity index (χ3n) is 3.22. The average molecular weight is 344 g/mol. The van der Waals surface area contributed by atoms with E-state index < -0.39 is 23.4 Å². The van der Waals surface area contributed by atoms with Crippen LogP contribution in [0.15, 0.2) is 48.5 Å². The number of carbonyl (C=O) groups is 2. The van der Waals surface area contributed by atoms with Gasteiger partial charge in [0, 0.05) is 6.07 Å². The third kappa shape index (κ3) is 5.31. The summed E-state index contributed by atoms with van der Waals surface area (Å²) < 4.78 is 9.95. The summed E-state index contributed by atoms with van der Waals surface area (Å²) in [5.74, 6) is -0.640. The van der Waals surface area contributed by atoms with Gasteiger partial charge < -0.3 is 14.8 Å². The minimum Gasteiger partial charge on any atom is -0.497 e. The number of ether oxygens (including phenoxy) is 2. The largest absolute Gasteiger partial charge is 0.497 e. The van der Waals surface area contributed by atoms with Crippen molar-refractivity contribution in [2.75, 3.05) is 19.0 Å². The number of hydrogen-bond donors (Lipinski definition) is 1. The van der Waals surface area contributed by atoms with Crippen molar-refractivity contribution in [2.24, 2.45) is 0 Å². The number of nitrogens with zero attached hydrogens (tertiary/aromatic N) is 1. The number of benzene rings is 2. The second-order valence-electron chi connectivity index (χ2n) is 5.01. The smallest absolute Gasteiger partial charge is 0.310 e. The molecule has 0 aromatic heterocycles. The van der Waals surface area contributed by atoms with Crippen LogP contribution < -0.4 is 10.1 Å². The van der Waals surface area contributed by atoms with Gasteiger partial charge in [-0.3, -0.25) is 19.7 Å². The van der Waals surface area contributed by atoms with Crippen molar-refractivity contribution in [3.63, 3.8) is 0 Å². The molecule has 1 N–H and O–H groups in total. The topological polar surface area (TPSA) is 108 Å². The van der Waals surface area contributed by atoms with Gasteiger partial charge in [-0.2, -0.15) is 0 Å². The number of nitro benzene ring substituents is 1. The van der Waals surface area contributed by atoms with Gasteiger partial charge in [0.2, 0.25) is 0 Å². The molecular weight excluding hydrogens is 328 g/mol. The Morgan fingerprint density at radius 3 is 2.64 bits per heavy atom. The van der Waals surface area contributed by atoms with Crippen molar-refractivity contribution in [3.05, 3.63) is 64.2 Å². The minimum absolute atomic E-state index is 0.0179. The predicted octanol–water partition coefficient (Wildman–Crippen LogP) is 2.33. The van der Waals surface area contributed by atoms with E-state index >= 15 is 0 Å². The first-order chi connectivity index (χ1) is 12.0. The quantitative estimate of drug-likeness (QED) is 0.469. The van der Waals surface area contributed by atoms with Crippen molar-refractivity contribution < 1.29 is 24.0 Å². The summed E-state index contributed by atoms with van der Waals surface area (Å²) in [6, 6.07) is 12.6. The van der Waals surface area contributed by atoms with Crippen molar-refractivity contribution in [1.29, 1.82) is 0 Å². The fraction of sp³-hybridized carbons (Fsp3) is 0.176. The first-order valence-corrected chi connectivity index (χ1v) is 7.31. The Hall–Kier alpha value is -3.42. The SMILES string of the molecule is COc1cccc(CC(=O)OCC(=O)Nc2ccccc2[N+](=O)[O-])c1. The van der Waals surface area contributed by atoms with E-state index in [2.05, 4.69) is 5.32 Å². The van der Waals surface area contributed by atoms with Crippen molar-refractivity contribution in [3.8, 4) is 5.75 Å². The molecule has 0 heterocycles. The molecule has 0 saturated heterocycles. The summed E-state index contributed by atoms with van der Waals surface area (Å²) in [6.45, 7) is -0.533. The second-order valence-corrected chi connectivity index (χ2v) is 5.01. The van der Waals surface area contributed by atoms with E-state index in [9.17, 15) is 19.7 Å². The zero-order chi connectivity index (χ0) is 18.2. The maximum atomic E-state index is 11.8. The number of amides is 1. The Balaban J connectivity index is 1.87. The van der Waals surface area contributed by atoms with Crippen molar-refractivity contribution >= 4 is 23.3 Å². The van der Waals surface area contributed by atoms with Crippen LogP contribution in [-0.4, -0.2) is 30.5 Å². The van der Waals surface area contributed by atoms with Crippen LogP contribution in [0.5, 0.6) is 5.75 Å². The van der Waals surface area contributed by atoms with Crippen LogP contribution in [0.3, 0.4) is 0 Å². The molecule has 8 nitrogen and oxygen atoms in total. The number of methoxy groups -OCH3 is 1. The van der Waals surface area contributed by atoms with E-state index in [1.54, 1.807) is 30.3 Å². The van der Waals surface area contributed by atoms with Crippen LogP contribution in [0, 0.1) is 10.1 Å². The zero-order valence-electron chi connectivity index (χ0n) is 13.4. The number of esters is 1. The molecule has 0 aliphatic rings. The number of nitrogens with one attached hydrogen (secondary N) is 1. The number of para-hydroxylation sites is 2. The molecule has 2 rings (SSSR count). The maximum Gasteiger partial charge on any atom is 0.310 e. The molecule has 0 atom stereocenters. The Kier molecular flexibility index (Phi) is 6.05. The highest BCUT2D eigenvalue weighted by molar-refractivity contribution is 5.94. The summed E-state index contributed by atoms with van der Waals surface area (Å²) in [5, 5.41) is 13.2. The molecule has 1 amide bonds.